The Balaban J connectivity index is 1.79. The van der Waals surface area contributed by atoms with Crippen molar-refractivity contribution < 1.29 is 24.1 Å². The molecule has 1 saturated heterocycles. The van der Waals surface area contributed by atoms with Gasteiger partial charge in [0.15, 0.2) is 11.7 Å². The van der Waals surface area contributed by atoms with Crippen LogP contribution in [0.25, 0.3) is 0 Å². The number of nitrogens with zero attached hydrogens (tertiary/aromatic N) is 1. The molecule has 25 heavy (non-hydrogen) atoms. The van der Waals surface area contributed by atoms with Gasteiger partial charge in [0, 0.05) is 5.02 Å². The van der Waals surface area contributed by atoms with Crippen LogP contribution in [0.15, 0.2) is 59.4 Å². The van der Waals surface area contributed by atoms with E-state index in [9.17, 15) is 14.4 Å². The van der Waals surface area contributed by atoms with Crippen LogP contribution in [0.5, 0.6) is 0 Å². The molecule has 2 heterocycles. The minimum atomic E-state index is -1.18. The first kappa shape index (κ1) is 16.9. The normalized spacial score (nSPS) is 17.6. The third kappa shape index (κ3) is 3.47. The number of imide groups is 2. The first-order valence-corrected chi connectivity index (χ1v) is 7.84. The highest BCUT2D eigenvalue weighted by Crippen LogP contribution is 2.23. The van der Waals surface area contributed by atoms with E-state index in [0.29, 0.717) is 28.7 Å². The number of anilines is 1. The number of furan rings is 1. The number of nitrogens with two attached hydrogens (primary N) is 1. The van der Waals surface area contributed by atoms with Gasteiger partial charge in [-0.2, -0.15) is 0 Å². The van der Waals surface area contributed by atoms with Crippen LogP contribution >= 0.6 is 11.6 Å². The predicted octanol–water partition coefficient (Wildman–Crippen LogP) is 1.41. The lowest BCUT2D eigenvalue weighted by Crippen LogP contribution is -2.83. The summed E-state index contributed by atoms with van der Waals surface area (Å²) in [5.41, 5.74) is 0.619. The van der Waals surface area contributed by atoms with Gasteiger partial charge in [-0.25, -0.2) is 9.69 Å². The van der Waals surface area contributed by atoms with E-state index in [4.69, 9.17) is 16.0 Å². The fourth-order valence-corrected chi connectivity index (χ4v) is 2.64. The molecule has 3 rings (SSSR count). The van der Waals surface area contributed by atoms with Gasteiger partial charge in [0.25, 0.3) is 11.8 Å². The van der Waals surface area contributed by atoms with Crippen LogP contribution in [-0.2, 0) is 16.1 Å². The summed E-state index contributed by atoms with van der Waals surface area (Å²) < 4.78 is 5.21. The summed E-state index contributed by atoms with van der Waals surface area (Å²) in [6, 6.07) is 8.89. The Morgan fingerprint density at radius 3 is 2.60 bits per heavy atom. The van der Waals surface area contributed by atoms with Gasteiger partial charge in [0.1, 0.15) is 12.2 Å². The predicted molar refractivity (Wildman–Crippen MR) is 89.4 cm³/mol. The van der Waals surface area contributed by atoms with Crippen LogP contribution < -0.4 is 15.5 Å². The van der Waals surface area contributed by atoms with Gasteiger partial charge >= 0.3 is 6.03 Å². The Bertz CT molecular complexity index is 830. The second-order valence-corrected chi connectivity index (χ2v) is 5.88. The fraction of sp³-hybridized carbons (Fsp3) is 0.118. The Labute approximate surface area is 148 Å². The molecule has 4 amide bonds. The Morgan fingerprint density at radius 1 is 1.24 bits per heavy atom. The zero-order valence-corrected chi connectivity index (χ0v) is 13.8. The molecule has 1 atom stereocenters. The summed E-state index contributed by atoms with van der Waals surface area (Å²) in [5.74, 6) is -1.85. The van der Waals surface area contributed by atoms with Crippen molar-refractivity contribution in [2.24, 2.45) is 5.92 Å². The van der Waals surface area contributed by atoms with Crippen molar-refractivity contribution in [3.63, 3.8) is 0 Å². The average Bonchev–Trinajstić information content (AvgIpc) is 3.07. The zero-order chi connectivity index (χ0) is 18.0. The van der Waals surface area contributed by atoms with Gasteiger partial charge in [-0.1, -0.05) is 11.6 Å². The lowest BCUT2D eigenvalue weighted by Gasteiger charge is -2.29. The second kappa shape index (κ2) is 6.92. The summed E-state index contributed by atoms with van der Waals surface area (Å²) in [6.45, 7) is 4.19. The molecule has 1 aliphatic rings. The van der Waals surface area contributed by atoms with Crippen molar-refractivity contribution in [2.45, 2.75) is 6.54 Å². The number of barbiturate groups is 1. The lowest BCUT2D eigenvalue weighted by atomic mass is 10.0. The maximum absolute atomic E-state index is 12.7. The van der Waals surface area contributed by atoms with Crippen LogP contribution in [0.4, 0.5) is 10.5 Å². The molecular formula is C17H15ClN3O4+. The molecule has 0 radical (unpaired) electrons. The number of urea groups is 1. The molecule has 1 aromatic heterocycles. The van der Waals surface area contributed by atoms with Crippen molar-refractivity contribution >= 4 is 35.1 Å². The number of halogens is 1. The number of benzene rings is 1. The fourth-order valence-electron chi connectivity index (χ4n) is 2.51. The monoisotopic (exact) mass is 360 g/mol. The number of quaternary nitrogens is 1. The minimum Gasteiger partial charge on any atom is -0.463 e. The van der Waals surface area contributed by atoms with Gasteiger partial charge in [-0.3, -0.25) is 14.9 Å². The van der Waals surface area contributed by atoms with E-state index < -0.39 is 23.8 Å². The van der Waals surface area contributed by atoms with Crippen molar-refractivity contribution in [1.82, 2.24) is 5.32 Å². The van der Waals surface area contributed by atoms with Crippen molar-refractivity contribution in [1.29, 1.82) is 0 Å². The molecule has 2 aromatic rings. The minimum absolute atomic E-state index is 0.297. The SMILES string of the molecule is C=C([NH2+]Cc1ccco1)C1C(=O)NC(=O)N(c2ccc(Cl)cc2)C1=O. The molecule has 1 aromatic carbocycles. The highest BCUT2D eigenvalue weighted by molar-refractivity contribution is 6.31. The molecule has 7 nitrogen and oxygen atoms in total. The highest BCUT2D eigenvalue weighted by Gasteiger charge is 2.44. The molecule has 128 valence electrons. The largest absolute Gasteiger partial charge is 0.463 e. The summed E-state index contributed by atoms with van der Waals surface area (Å²) in [6.07, 6.45) is 1.53. The second-order valence-electron chi connectivity index (χ2n) is 5.44. The smallest absolute Gasteiger partial charge is 0.335 e. The van der Waals surface area contributed by atoms with E-state index in [1.165, 1.54) is 18.4 Å². The lowest BCUT2D eigenvalue weighted by molar-refractivity contribution is -0.627. The van der Waals surface area contributed by atoms with Gasteiger partial charge in [0.05, 0.1) is 12.0 Å². The number of carbonyl (C=O) groups is 3. The topological polar surface area (TPSA) is 96.2 Å². The van der Waals surface area contributed by atoms with E-state index >= 15 is 0 Å². The van der Waals surface area contributed by atoms with Crippen molar-refractivity contribution in [3.05, 3.63) is 65.7 Å². The molecule has 0 aliphatic carbocycles. The maximum atomic E-state index is 12.7. The first-order valence-electron chi connectivity index (χ1n) is 7.46. The van der Waals surface area contributed by atoms with Gasteiger partial charge in [0.2, 0.25) is 0 Å². The molecule has 0 spiro atoms. The third-order valence-electron chi connectivity index (χ3n) is 3.76. The van der Waals surface area contributed by atoms with E-state index in [0.717, 1.165) is 4.90 Å². The Kier molecular flexibility index (Phi) is 4.69. The zero-order valence-electron chi connectivity index (χ0n) is 13.1. The molecule has 1 unspecified atom stereocenters. The first-order chi connectivity index (χ1) is 12.0. The van der Waals surface area contributed by atoms with Crippen molar-refractivity contribution in [3.8, 4) is 0 Å². The number of amides is 4. The molecular weight excluding hydrogens is 346 g/mol. The molecule has 0 saturated carbocycles. The van der Waals surface area contributed by atoms with Crippen LogP contribution in [-0.4, -0.2) is 17.8 Å². The third-order valence-corrected chi connectivity index (χ3v) is 4.02. The standard InChI is InChI=1S/C17H14ClN3O4/c1-10(19-9-13-3-2-8-25-13)14-15(22)20-17(24)21(16(14)23)12-6-4-11(18)5-7-12/h2-8,14,19H,1,9H2,(H,20,22,24)/p+1. The van der Waals surface area contributed by atoms with E-state index in [1.54, 1.807) is 29.6 Å². The summed E-state index contributed by atoms with van der Waals surface area (Å²) in [5, 5.41) is 4.29. The number of carbonyl (C=O) groups excluding carboxylic acids is 3. The van der Waals surface area contributed by atoms with Crippen LogP contribution in [0.1, 0.15) is 5.76 Å². The van der Waals surface area contributed by atoms with Crippen molar-refractivity contribution in [2.75, 3.05) is 4.90 Å². The molecule has 1 fully saturated rings. The molecule has 3 N–H and O–H groups in total. The summed E-state index contributed by atoms with van der Waals surface area (Å²) >= 11 is 5.83. The van der Waals surface area contributed by atoms with Gasteiger partial charge in [-0.05, 0) is 43.0 Å². The molecule has 1 aliphatic heterocycles. The van der Waals surface area contributed by atoms with Crippen LogP contribution in [0, 0.1) is 5.92 Å². The van der Waals surface area contributed by atoms with Gasteiger partial charge < -0.3 is 9.73 Å². The number of hydrogen-bond donors (Lipinski definition) is 2. The molecule has 0 bridgehead atoms. The average molecular weight is 361 g/mol. The molecule has 8 heteroatoms. The van der Waals surface area contributed by atoms with Crippen LogP contribution in [0.2, 0.25) is 5.02 Å². The Morgan fingerprint density at radius 2 is 1.96 bits per heavy atom. The number of hydrogen-bond acceptors (Lipinski definition) is 4. The maximum Gasteiger partial charge on any atom is 0.335 e. The summed E-state index contributed by atoms with van der Waals surface area (Å²) in [4.78, 5) is 37.9. The highest BCUT2D eigenvalue weighted by atomic mass is 35.5. The van der Waals surface area contributed by atoms with E-state index in [1.807, 2.05) is 0 Å². The Hall–Kier alpha value is -2.90. The number of rotatable bonds is 5. The quantitative estimate of drug-likeness (QED) is 0.788. The van der Waals surface area contributed by atoms with Crippen LogP contribution in [0.3, 0.4) is 0 Å². The van der Waals surface area contributed by atoms with Gasteiger partial charge in [-0.15, -0.1) is 0 Å². The van der Waals surface area contributed by atoms with E-state index in [2.05, 4.69) is 11.9 Å². The summed E-state index contributed by atoms with van der Waals surface area (Å²) in [7, 11) is 0. The van der Waals surface area contributed by atoms with E-state index in [-0.39, 0.29) is 0 Å². The number of nitrogens with one attached hydrogen (secondary N) is 1.